The molecule has 1 heterocycles. The fraction of sp³-hybridized carbons (Fsp3) is 0.458. The molecule has 2 aromatic rings. The van der Waals surface area contributed by atoms with E-state index in [-0.39, 0.29) is 12.0 Å². The molecule has 1 atom stereocenters. The highest BCUT2D eigenvalue weighted by atomic mass is 16.5. The molecular formula is C24H32N2O3. The number of ether oxygens (including phenoxy) is 1. The van der Waals surface area contributed by atoms with Crippen LogP contribution in [0, 0.1) is 5.92 Å². The van der Waals surface area contributed by atoms with Gasteiger partial charge in [0.2, 0.25) is 5.91 Å². The van der Waals surface area contributed by atoms with Gasteiger partial charge in [0.25, 0.3) is 0 Å². The van der Waals surface area contributed by atoms with Crippen LogP contribution in [0.3, 0.4) is 0 Å². The Bertz CT molecular complexity index is 782. The van der Waals surface area contributed by atoms with Crippen LogP contribution < -0.4 is 10.1 Å². The minimum absolute atomic E-state index is 0.109. The van der Waals surface area contributed by atoms with E-state index >= 15 is 0 Å². The first-order chi connectivity index (χ1) is 13.9. The molecule has 2 aromatic carbocycles. The van der Waals surface area contributed by atoms with Crippen LogP contribution in [0.1, 0.15) is 39.2 Å². The predicted molar refractivity (Wildman–Crippen MR) is 116 cm³/mol. The summed E-state index contributed by atoms with van der Waals surface area (Å²) in [5.74, 6) is 0.143. The molecule has 0 saturated carbocycles. The molecule has 2 N–H and O–H groups in total. The smallest absolute Gasteiger partial charge is 0.230 e. The Labute approximate surface area is 173 Å². The van der Waals surface area contributed by atoms with Crippen molar-refractivity contribution < 1.29 is 14.6 Å². The summed E-state index contributed by atoms with van der Waals surface area (Å²) in [6.45, 7) is 8.21. The summed E-state index contributed by atoms with van der Waals surface area (Å²) in [7, 11) is 0. The monoisotopic (exact) mass is 396 g/mol. The molecule has 1 aliphatic heterocycles. The maximum atomic E-state index is 12.7. The summed E-state index contributed by atoms with van der Waals surface area (Å²) in [6, 6.07) is 17.7. The Morgan fingerprint density at radius 2 is 1.69 bits per heavy atom. The Balaban J connectivity index is 1.52. The van der Waals surface area contributed by atoms with Crippen LogP contribution in [0.5, 0.6) is 5.75 Å². The van der Waals surface area contributed by atoms with Crippen molar-refractivity contribution in [1.82, 2.24) is 4.90 Å². The summed E-state index contributed by atoms with van der Waals surface area (Å²) in [6.07, 6.45) is 1.29. The molecule has 1 aliphatic rings. The number of benzene rings is 2. The van der Waals surface area contributed by atoms with Gasteiger partial charge in [0, 0.05) is 25.3 Å². The Hall–Kier alpha value is -2.37. The van der Waals surface area contributed by atoms with Gasteiger partial charge in [0.05, 0.1) is 17.6 Å². The lowest BCUT2D eigenvalue weighted by Gasteiger charge is -2.41. The SMILES string of the molecule is CC(C)Oc1ccc(NC(=O)C(C)C2(O)CCN(Cc3ccccc3)CC2)cc1. The molecule has 5 heteroatoms. The van der Waals surface area contributed by atoms with Gasteiger partial charge in [0.1, 0.15) is 5.75 Å². The first-order valence-electron chi connectivity index (χ1n) is 10.4. The lowest BCUT2D eigenvalue weighted by Crippen LogP contribution is -2.51. The number of nitrogens with zero attached hydrogens (tertiary/aromatic N) is 1. The molecule has 0 spiro atoms. The highest BCUT2D eigenvalue weighted by molar-refractivity contribution is 5.93. The van der Waals surface area contributed by atoms with Crippen LogP contribution in [0.2, 0.25) is 0 Å². The van der Waals surface area contributed by atoms with Gasteiger partial charge in [-0.2, -0.15) is 0 Å². The lowest BCUT2D eigenvalue weighted by atomic mass is 9.80. The maximum absolute atomic E-state index is 12.7. The molecule has 0 bridgehead atoms. The quantitative estimate of drug-likeness (QED) is 0.740. The van der Waals surface area contributed by atoms with E-state index in [1.807, 2.05) is 63.2 Å². The number of carbonyl (C=O) groups is 1. The van der Waals surface area contributed by atoms with Crippen LogP contribution >= 0.6 is 0 Å². The average Bonchev–Trinajstić information content (AvgIpc) is 2.71. The largest absolute Gasteiger partial charge is 0.491 e. The van der Waals surface area contributed by atoms with Gasteiger partial charge in [-0.1, -0.05) is 37.3 Å². The number of piperidine rings is 1. The lowest BCUT2D eigenvalue weighted by molar-refractivity contribution is -0.132. The first kappa shape index (κ1) is 21.3. The third-order valence-corrected chi connectivity index (χ3v) is 5.66. The van der Waals surface area contributed by atoms with Crippen molar-refractivity contribution in [1.29, 1.82) is 0 Å². The van der Waals surface area contributed by atoms with Crippen molar-refractivity contribution in [3.05, 3.63) is 60.2 Å². The number of rotatable bonds is 7. The Kier molecular flexibility index (Phi) is 6.93. The Morgan fingerprint density at radius 1 is 1.07 bits per heavy atom. The molecule has 1 unspecified atom stereocenters. The average molecular weight is 397 g/mol. The van der Waals surface area contributed by atoms with Crippen molar-refractivity contribution >= 4 is 11.6 Å². The van der Waals surface area contributed by atoms with Gasteiger partial charge in [-0.15, -0.1) is 0 Å². The van der Waals surface area contributed by atoms with Crippen molar-refractivity contribution in [2.75, 3.05) is 18.4 Å². The fourth-order valence-electron chi connectivity index (χ4n) is 3.76. The van der Waals surface area contributed by atoms with E-state index in [9.17, 15) is 9.90 Å². The van der Waals surface area contributed by atoms with Crippen molar-refractivity contribution in [2.45, 2.75) is 51.9 Å². The van der Waals surface area contributed by atoms with Gasteiger partial charge in [-0.25, -0.2) is 0 Å². The molecule has 0 radical (unpaired) electrons. The number of hydrogen-bond acceptors (Lipinski definition) is 4. The van der Waals surface area contributed by atoms with Crippen LogP contribution in [0.15, 0.2) is 54.6 Å². The number of nitrogens with one attached hydrogen (secondary N) is 1. The van der Waals surface area contributed by atoms with E-state index in [2.05, 4.69) is 22.3 Å². The summed E-state index contributed by atoms with van der Waals surface area (Å²) in [5, 5.41) is 14.0. The molecule has 3 rings (SSSR count). The highest BCUT2D eigenvalue weighted by Gasteiger charge is 2.40. The first-order valence-corrected chi connectivity index (χ1v) is 10.4. The molecule has 1 fully saturated rings. The highest BCUT2D eigenvalue weighted by Crippen LogP contribution is 2.31. The predicted octanol–water partition coefficient (Wildman–Crippen LogP) is 4.08. The van der Waals surface area contributed by atoms with Crippen LogP contribution in [-0.4, -0.2) is 40.7 Å². The molecule has 1 amide bonds. The minimum Gasteiger partial charge on any atom is -0.491 e. The van der Waals surface area contributed by atoms with Crippen LogP contribution in [0.4, 0.5) is 5.69 Å². The Morgan fingerprint density at radius 3 is 2.28 bits per heavy atom. The molecule has 156 valence electrons. The number of amides is 1. The zero-order chi connectivity index (χ0) is 20.9. The van der Waals surface area contributed by atoms with E-state index in [0.717, 1.165) is 25.4 Å². The molecule has 0 aromatic heterocycles. The second kappa shape index (κ2) is 9.42. The number of likely N-dealkylation sites (tertiary alicyclic amines) is 1. The fourth-order valence-corrected chi connectivity index (χ4v) is 3.76. The minimum atomic E-state index is -0.974. The third kappa shape index (κ3) is 5.81. The molecule has 29 heavy (non-hydrogen) atoms. The van der Waals surface area contributed by atoms with Crippen LogP contribution in [0.25, 0.3) is 0 Å². The third-order valence-electron chi connectivity index (χ3n) is 5.66. The second-order valence-corrected chi connectivity index (χ2v) is 8.27. The van der Waals surface area contributed by atoms with E-state index in [0.29, 0.717) is 18.5 Å². The van der Waals surface area contributed by atoms with Crippen molar-refractivity contribution in [3.63, 3.8) is 0 Å². The van der Waals surface area contributed by atoms with E-state index in [4.69, 9.17) is 4.74 Å². The molecule has 1 saturated heterocycles. The second-order valence-electron chi connectivity index (χ2n) is 8.27. The summed E-state index contributed by atoms with van der Waals surface area (Å²) in [5.41, 5.74) is 1.01. The standard InChI is InChI=1S/C24H32N2O3/c1-18(2)29-22-11-9-21(10-12-22)25-23(27)19(3)24(28)13-15-26(16-14-24)17-20-7-5-4-6-8-20/h4-12,18-19,28H,13-17H2,1-3H3,(H,25,27). The molecule has 0 aliphatic carbocycles. The number of carbonyl (C=O) groups excluding carboxylic acids is 1. The molecular weight excluding hydrogens is 364 g/mol. The summed E-state index contributed by atoms with van der Waals surface area (Å²) in [4.78, 5) is 15.1. The number of anilines is 1. The number of aliphatic hydroxyl groups is 1. The normalized spacial score (nSPS) is 17.7. The summed E-state index contributed by atoms with van der Waals surface area (Å²) >= 11 is 0. The van der Waals surface area contributed by atoms with E-state index < -0.39 is 11.5 Å². The number of hydrogen-bond donors (Lipinski definition) is 2. The van der Waals surface area contributed by atoms with Gasteiger partial charge in [-0.3, -0.25) is 9.69 Å². The topological polar surface area (TPSA) is 61.8 Å². The van der Waals surface area contributed by atoms with Crippen molar-refractivity contribution in [3.8, 4) is 5.75 Å². The van der Waals surface area contributed by atoms with Gasteiger partial charge in [0.15, 0.2) is 0 Å². The van der Waals surface area contributed by atoms with Gasteiger partial charge < -0.3 is 15.2 Å². The summed E-state index contributed by atoms with van der Waals surface area (Å²) < 4.78 is 5.63. The van der Waals surface area contributed by atoms with Crippen molar-refractivity contribution in [2.24, 2.45) is 5.92 Å². The van der Waals surface area contributed by atoms with E-state index in [1.54, 1.807) is 0 Å². The van der Waals surface area contributed by atoms with Gasteiger partial charge >= 0.3 is 0 Å². The zero-order valence-corrected chi connectivity index (χ0v) is 17.6. The zero-order valence-electron chi connectivity index (χ0n) is 17.6. The van der Waals surface area contributed by atoms with Gasteiger partial charge in [-0.05, 0) is 56.5 Å². The van der Waals surface area contributed by atoms with Crippen LogP contribution in [-0.2, 0) is 11.3 Å². The van der Waals surface area contributed by atoms with E-state index in [1.165, 1.54) is 5.56 Å². The maximum Gasteiger partial charge on any atom is 0.230 e. The molecule has 5 nitrogen and oxygen atoms in total.